The molecule has 2 aromatic heterocycles. The molecule has 106 valence electrons. The van der Waals surface area contributed by atoms with Gasteiger partial charge < -0.3 is 19.4 Å². The number of halogens is 2. The molecule has 0 aliphatic carbocycles. The molecule has 2 rings (SSSR count). The lowest BCUT2D eigenvalue weighted by Crippen LogP contribution is -1.89. The summed E-state index contributed by atoms with van der Waals surface area (Å²) in [4.78, 5) is 27.4. The van der Waals surface area contributed by atoms with Crippen LogP contribution in [0.1, 0.15) is 21.0 Å². The van der Waals surface area contributed by atoms with Gasteiger partial charge in [-0.2, -0.15) is 0 Å². The van der Waals surface area contributed by atoms with Gasteiger partial charge in [0.05, 0.1) is 14.2 Å². The van der Waals surface area contributed by atoms with Crippen LogP contribution in [-0.4, -0.2) is 36.8 Å². The molecule has 0 radical (unpaired) electrons. The van der Waals surface area contributed by atoms with E-state index in [-0.39, 0.29) is 32.9 Å². The normalized spacial score (nSPS) is 10.4. The second kappa shape index (κ2) is 5.60. The molecular formula is C12H10Cl2N2O4. The lowest BCUT2D eigenvalue weighted by molar-refractivity contribution is 0.111. The van der Waals surface area contributed by atoms with Gasteiger partial charge in [-0.25, -0.2) is 0 Å². The molecule has 2 N–H and O–H groups in total. The average molecular weight is 317 g/mol. The van der Waals surface area contributed by atoms with Crippen LogP contribution < -0.4 is 9.47 Å². The molecule has 0 saturated heterocycles. The molecule has 0 aromatic carbocycles. The highest BCUT2D eigenvalue weighted by atomic mass is 35.5. The summed E-state index contributed by atoms with van der Waals surface area (Å²) < 4.78 is 10.3. The second-order valence-corrected chi connectivity index (χ2v) is 4.51. The first kappa shape index (κ1) is 14.5. The molecule has 0 unspecified atom stereocenters. The van der Waals surface area contributed by atoms with Crippen LogP contribution in [0.4, 0.5) is 0 Å². The van der Waals surface area contributed by atoms with Gasteiger partial charge in [0, 0.05) is 0 Å². The van der Waals surface area contributed by atoms with Crippen molar-refractivity contribution >= 4 is 35.8 Å². The Morgan fingerprint density at radius 3 is 1.45 bits per heavy atom. The SMILES string of the molecule is COc1c(-c2[nH]c(C=O)c(Cl)c2OC)[nH]c(C=O)c1Cl. The largest absolute Gasteiger partial charge is 0.493 e. The molecule has 0 spiro atoms. The van der Waals surface area contributed by atoms with E-state index in [9.17, 15) is 9.59 Å². The number of methoxy groups -OCH3 is 2. The van der Waals surface area contributed by atoms with Crippen LogP contribution in [0, 0.1) is 0 Å². The average Bonchev–Trinajstić information content (AvgIpc) is 2.95. The van der Waals surface area contributed by atoms with E-state index >= 15 is 0 Å². The van der Waals surface area contributed by atoms with Gasteiger partial charge in [0.15, 0.2) is 24.1 Å². The van der Waals surface area contributed by atoms with E-state index in [0.29, 0.717) is 24.0 Å². The number of aromatic amines is 2. The van der Waals surface area contributed by atoms with Crippen molar-refractivity contribution in [3.63, 3.8) is 0 Å². The minimum Gasteiger partial charge on any atom is -0.493 e. The molecule has 0 saturated carbocycles. The summed E-state index contributed by atoms with van der Waals surface area (Å²) in [6, 6.07) is 0. The third-order valence-electron chi connectivity index (χ3n) is 2.74. The van der Waals surface area contributed by atoms with E-state index in [0.717, 1.165) is 0 Å². The number of nitrogens with one attached hydrogen (secondary N) is 2. The Labute approximate surface area is 124 Å². The van der Waals surface area contributed by atoms with Crippen molar-refractivity contribution in [3.05, 3.63) is 21.4 Å². The van der Waals surface area contributed by atoms with Crippen molar-refractivity contribution < 1.29 is 19.1 Å². The molecule has 0 fully saturated rings. The van der Waals surface area contributed by atoms with E-state index in [1.54, 1.807) is 0 Å². The topological polar surface area (TPSA) is 84.2 Å². The predicted octanol–water partition coefficient (Wildman–Crippen LogP) is 2.96. The standard InChI is InChI=1S/C12H10Cl2N2O4/c1-19-11-7(13)5(3-17)15-9(11)10-12(20-2)8(14)6(4-18)16-10/h3-4,15-16H,1-2H3. The van der Waals surface area contributed by atoms with Crippen LogP contribution in [-0.2, 0) is 0 Å². The lowest BCUT2D eigenvalue weighted by Gasteiger charge is -2.04. The van der Waals surface area contributed by atoms with Gasteiger partial charge in [0.1, 0.15) is 32.8 Å². The molecular weight excluding hydrogens is 307 g/mol. The summed E-state index contributed by atoms with van der Waals surface area (Å²) in [5.74, 6) is 0.505. The van der Waals surface area contributed by atoms with Gasteiger partial charge in [0.25, 0.3) is 0 Å². The molecule has 0 aliphatic rings. The van der Waals surface area contributed by atoms with E-state index in [4.69, 9.17) is 32.7 Å². The lowest BCUT2D eigenvalue weighted by atomic mass is 10.3. The molecule has 0 atom stereocenters. The molecule has 2 heterocycles. The number of hydrogen-bond donors (Lipinski definition) is 2. The minimum absolute atomic E-state index is 0.137. The maximum atomic E-state index is 10.9. The number of carbonyl (C=O) groups is 2. The van der Waals surface area contributed by atoms with Gasteiger partial charge in [-0.15, -0.1) is 0 Å². The zero-order valence-corrected chi connectivity index (χ0v) is 12.1. The van der Waals surface area contributed by atoms with Crippen LogP contribution in [0.15, 0.2) is 0 Å². The third-order valence-corrected chi connectivity index (χ3v) is 3.49. The number of H-pyrrole nitrogens is 2. The molecule has 0 amide bonds. The minimum atomic E-state index is 0.137. The van der Waals surface area contributed by atoms with Crippen LogP contribution in [0.3, 0.4) is 0 Å². The first-order chi connectivity index (χ1) is 9.58. The highest BCUT2D eigenvalue weighted by molar-refractivity contribution is 6.36. The fraction of sp³-hybridized carbons (Fsp3) is 0.167. The predicted molar refractivity (Wildman–Crippen MR) is 74.5 cm³/mol. The number of ether oxygens (including phenoxy) is 2. The Kier molecular flexibility index (Phi) is 4.06. The number of aldehydes is 2. The highest BCUT2D eigenvalue weighted by Gasteiger charge is 2.25. The second-order valence-electron chi connectivity index (χ2n) is 3.76. The molecule has 2 aromatic rings. The summed E-state index contributed by atoms with van der Waals surface area (Å²) >= 11 is 12.0. The van der Waals surface area contributed by atoms with Crippen molar-refractivity contribution in [3.8, 4) is 22.9 Å². The van der Waals surface area contributed by atoms with Crippen molar-refractivity contribution in [2.75, 3.05) is 14.2 Å². The Morgan fingerprint density at radius 1 is 0.850 bits per heavy atom. The van der Waals surface area contributed by atoms with Gasteiger partial charge in [0.2, 0.25) is 0 Å². The Balaban J connectivity index is 2.74. The van der Waals surface area contributed by atoms with E-state index in [2.05, 4.69) is 9.97 Å². The number of aromatic nitrogens is 2. The van der Waals surface area contributed by atoms with Crippen LogP contribution in [0.5, 0.6) is 11.5 Å². The van der Waals surface area contributed by atoms with E-state index < -0.39 is 0 Å². The van der Waals surface area contributed by atoms with Crippen molar-refractivity contribution in [2.45, 2.75) is 0 Å². The first-order valence-corrected chi connectivity index (χ1v) is 6.16. The monoisotopic (exact) mass is 316 g/mol. The molecule has 20 heavy (non-hydrogen) atoms. The smallest absolute Gasteiger partial charge is 0.167 e. The van der Waals surface area contributed by atoms with Crippen LogP contribution in [0.25, 0.3) is 11.4 Å². The first-order valence-electron chi connectivity index (χ1n) is 5.40. The maximum Gasteiger partial charge on any atom is 0.167 e. The maximum absolute atomic E-state index is 10.9. The zero-order valence-electron chi connectivity index (χ0n) is 10.5. The van der Waals surface area contributed by atoms with E-state index in [1.165, 1.54) is 14.2 Å². The number of carbonyl (C=O) groups excluding carboxylic acids is 2. The van der Waals surface area contributed by atoms with Gasteiger partial charge in [-0.3, -0.25) is 9.59 Å². The molecule has 6 nitrogen and oxygen atoms in total. The summed E-state index contributed by atoms with van der Waals surface area (Å²) in [7, 11) is 2.82. The number of rotatable bonds is 5. The van der Waals surface area contributed by atoms with Crippen LogP contribution >= 0.6 is 23.2 Å². The molecule has 0 bridgehead atoms. The summed E-state index contributed by atoms with van der Waals surface area (Å²) in [5.41, 5.74) is 1.04. The fourth-order valence-corrected chi connectivity index (χ4v) is 2.38. The van der Waals surface area contributed by atoms with Crippen molar-refractivity contribution in [2.24, 2.45) is 0 Å². The van der Waals surface area contributed by atoms with Crippen LogP contribution in [0.2, 0.25) is 10.0 Å². The molecule has 8 heteroatoms. The van der Waals surface area contributed by atoms with Gasteiger partial charge in [-0.05, 0) is 0 Å². The third kappa shape index (κ3) is 2.07. The highest BCUT2D eigenvalue weighted by Crippen LogP contribution is 2.44. The summed E-state index contributed by atoms with van der Waals surface area (Å²) in [6.07, 6.45) is 1.12. The van der Waals surface area contributed by atoms with Gasteiger partial charge in [-0.1, -0.05) is 23.2 Å². The quantitative estimate of drug-likeness (QED) is 0.830. The van der Waals surface area contributed by atoms with Crippen molar-refractivity contribution in [1.82, 2.24) is 9.97 Å². The summed E-state index contributed by atoms with van der Waals surface area (Å²) in [5, 5.41) is 0.274. The molecule has 0 aliphatic heterocycles. The van der Waals surface area contributed by atoms with Crippen molar-refractivity contribution in [1.29, 1.82) is 0 Å². The van der Waals surface area contributed by atoms with E-state index in [1.807, 2.05) is 0 Å². The Bertz CT molecular complexity index is 617. The Hall–Kier alpha value is -1.92. The number of hydrogen-bond acceptors (Lipinski definition) is 4. The Morgan fingerprint density at radius 2 is 1.20 bits per heavy atom. The zero-order chi connectivity index (χ0) is 14.9. The van der Waals surface area contributed by atoms with Gasteiger partial charge >= 0.3 is 0 Å². The fourth-order valence-electron chi connectivity index (χ4n) is 1.85. The summed E-state index contributed by atoms with van der Waals surface area (Å²) in [6.45, 7) is 0.